The lowest BCUT2D eigenvalue weighted by molar-refractivity contribution is 0.00879. The van der Waals surface area contributed by atoms with Gasteiger partial charge in [-0.2, -0.15) is 0 Å². The summed E-state index contributed by atoms with van der Waals surface area (Å²) in [5, 5.41) is 3.38. The van der Waals surface area contributed by atoms with Gasteiger partial charge in [-0.3, -0.25) is 4.90 Å². The predicted octanol–water partition coefficient (Wildman–Crippen LogP) is 1.72. The zero-order valence-electron chi connectivity index (χ0n) is 11.7. The molecule has 1 N–H and O–H groups in total. The van der Waals surface area contributed by atoms with E-state index in [1.54, 1.807) is 0 Å². The van der Waals surface area contributed by atoms with Crippen molar-refractivity contribution >= 4 is 0 Å². The van der Waals surface area contributed by atoms with Gasteiger partial charge in [0, 0.05) is 26.2 Å². The molecule has 0 spiro atoms. The molecule has 1 fully saturated rings. The molecule has 1 saturated heterocycles. The Morgan fingerprint density at radius 3 is 2.67 bits per heavy atom. The molecule has 1 aromatic carbocycles. The number of hydrogen-bond acceptors (Lipinski definition) is 3. The fraction of sp³-hybridized carbons (Fsp3) is 0.600. The van der Waals surface area contributed by atoms with E-state index >= 15 is 0 Å². The Labute approximate surface area is 110 Å². The molecule has 1 heterocycles. The molecule has 1 aliphatic heterocycles. The maximum Gasteiger partial charge on any atom is 0.0826 e. The largest absolute Gasteiger partial charge is 0.374 e. The lowest BCUT2D eigenvalue weighted by atomic mass is 10.0. The first-order valence-corrected chi connectivity index (χ1v) is 6.73. The second-order valence-corrected chi connectivity index (χ2v) is 5.26. The van der Waals surface area contributed by atoms with Crippen LogP contribution in [-0.4, -0.2) is 44.3 Å². The van der Waals surface area contributed by atoms with E-state index < -0.39 is 0 Å². The molecule has 2 rings (SSSR count). The standard InChI is InChI=1S/C15H24N2O/c1-12-5-4-6-13(2)15(12)11-17(3)10-14-9-16-7-8-18-14/h4-6,14,16H,7-11H2,1-3H3. The SMILES string of the molecule is Cc1cccc(C)c1CN(C)CC1CNCCO1. The van der Waals surface area contributed by atoms with Crippen LogP contribution in [-0.2, 0) is 11.3 Å². The van der Waals surface area contributed by atoms with Crippen molar-refractivity contribution in [2.45, 2.75) is 26.5 Å². The summed E-state index contributed by atoms with van der Waals surface area (Å²) in [6.07, 6.45) is 0.327. The van der Waals surface area contributed by atoms with Crippen molar-refractivity contribution in [3.8, 4) is 0 Å². The first-order valence-electron chi connectivity index (χ1n) is 6.73. The minimum absolute atomic E-state index is 0.327. The molecule has 0 aliphatic carbocycles. The summed E-state index contributed by atoms with van der Waals surface area (Å²) in [5.74, 6) is 0. The Hall–Kier alpha value is -0.900. The maximum absolute atomic E-state index is 5.74. The Morgan fingerprint density at radius 1 is 1.33 bits per heavy atom. The van der Waals surface area contributed by atoms with Gasteiger partial charge in [0.1, 0.15) is 0 Å². The Bertz CT molecular complexity index is 366. The molecule has 1 aliphatic rings. The fourth-order valence-corrected chi connectivity index (χ4v) is 2.52. The summed E-state index contributed by atoms with van der Waals surface area (Å²) in [5.41, 5.74) is 4.21. The zero-order valence-corrected chi connectivity index (χ0v) is 11.7. The number of nitrogens with zero attached hydrogens (tertiary/aromatic N) is 1. The molecule has 1 atom stereocenters. The third kappa shape index (κ3) is 3.55. The van der Waals surface area contributed by atoms with Crippen molar-refractivity contribution in [3.63, 3.8) is 0 Å². The monoisotopic (exact) mass is 248 g/mol. The van der Waals surface area contributed by atoms with Gasteiger partial charge < -0.3 is 10.1 Å². The number of hydrogen-bond donors (Lipinski definition) is 1. The van der Waals surface area contributed by atoms with E-state index in [4.69, 9.17) is 4.74 Å². The summed E-state index contributed by atoms with van der Waals surface area (Å²) in [6, 6.07) is 6.51. The minimum Gasteiger partial charge on any atom is -0.374 e. The van der Waals surface area contributed by atoms with Gasteiger partial charge in [-0.25, -0.2) is 0 Å². The summed E-state index contributed by atoms with van der Waals surface area (Å²) >= 11 is 0. The number of benzene rings is 1. The predicted molar refractivity (Wildman–Crippen MR) is 74.9 cm³/mol. The van der Waals surface area contributed by atoms with Crippen LogP contribution in [0.4, 0.5) is 0 Å². The van der Waals surface area contributed by atoms with Crippen molar-refractivity contribution in [2.24, 2.45) is 0 Å². The van der Waals surface area contributed by atoms with Gasteiger partial charge in [0.25, 0.3) is 0 Å². The highest BCUT2D eigenvalue weighted by Crippen LogP contribution is 2.15. The number of morpholine rings is 1. The average molecular weight is 248 g/mol. The molecule has 1 unspecified atom stereocenters. The van der Waals surface area contributed by atoms with Gasteiger partial charge in [-0.1, -0.05) is 18.2 Å². The van der Waals surface area contributed by atoms with Gasteiger partial charge in [0.05, 0.1) is 12.7 Å². The number of ether oxygens (including phenoxy) is 1. The summed E-state index contributed by atoms with van der Waals surface area (Å²) < 4.78 is 5.74. The third-order valence-electron chi connectivity index (χ3n) is 3.59. The smallest absolute Gasteiger partial charge is 0.0826 e. The van der Waals surface area contributed by atoms with Crippen LogP contribution < -0.4 is 5.32 Å². The fourth-order valence-electron chi connectivity index (χ4n) is 2.52. The molecule has 1 aromatic rings. The van der Waals surface area contributed by atoms with Crippen molar-refractivity contribution in [3.05, 3.63) is 34.9 Å². The lowest BCUT2D eigenvalue weighted by Crippen LogP contribution is -2.44. The number of nitrogens with one attached hydrogen (secondary N) is 1. The van der Waals surface area contributed by atoms with Gasteiger partial charge in [-0.15, -0.1) is 0 Å². The number of rotatable bonds is 4. The molecule has 0 amide bonds. The van der Waals surface area contributed by atoms with Gasteiger partial charge >= 0.3 is 0 Å². The molecule has 100 valence electrons. The van der Waals surface area contributed by atoms with Crippen LogP contribution in [0.3, 0.4) is 0 Å². The van der Waals surface area contributed by atoms with Gasteiger partial charge in [0.2, 0.25) is 0 Å². The first kappa shape index (κ1) is 13.5. The van der Waals surface area contributed by atoms with Crippen LogP contribution in [0.15, 0.2) is 18.2 Å². The molecular formula is C15H24N2O. The molecule has 18 heavy (non-hydrogen) atoms. The highest BCUT2D eigenvalue weighted by molar-refractivity contribution is 5.33. The van der Waals surface area contributed by atoms with E-state index in [0.29, 0.717) is 6.10 Å². The van der Waals surface area contributed by atoms with Crippen LogP contribution in [0.1, 0.15) is 16.7 Å². The van der Waals surface area contributed by atoms with Crippen LogP contribution in [0, 0.1) is 13.8 Å². The Balaban J connectivity index is 1.92. The molecule has 0 radical (unpaired) electrons. The van der Waals surface area contributed by atoms with Crippen LogP contribution in [0.2, 0.25) is 0 Å². The molecule has 0 aromatic heterocycles. The number of likely N-dealkylation sites (N-methyl/N-ethyl adjacent to an activating group) is 1. The number of aryl methyl sites for hydroxylation is 2. The van der Waals surface area contributed by atoms with Crippen molar-refractivity contribution in [1.82, 2.24) is 10.2 Å². The maximum atomic E-state index is 5.74. The van der Waals surface area contributed by atoms with Gasteiger partial charge in [-0.05, 0) is 37.6 Å². The van der Waals surface area contributed by atoms with Gasteiger partial charge in [0.15, 0.2) is 0 Å². The molecule has 0 bridgehead atoms. The van der Waals surface area contributed by atoms with E-state index in [2.05, 4.69) is 49.3 Å². The van der Waals surface area contributed by atoms with E-state index in [0.717, 1.165) is 32.8 Å². The summed E-state index contributed by atoms with van der Waals surface area (Å²) in [6.45, 7) is 9.15. The first-order chi connectivity index (χ1) is 8.66. The topological polar surface area (TPSA) is 24.5 Å². The van der Waals surface area contributed by atoms with Crippen molar-refractivity contribution in [2.75, 3.05) is 33.3 Å². The average Bonchev–Trinajstić information content (AvgIpc) is 2.35. The summed E-state index contributed by atoms with van der Waals surface area (Å²) in [7, 11) is 2.17. The molecule has 0 saturated carbocycles. The van der Waals surface area contributed by atoms with Crippen LogP contribution >= 0.6 is 0 Å². The highest BCUT2D eigenvalue weighted by Gasteiger charge is 2.16. The van der Waals surface area contributed by atoms with Crippen molar-refractivity contribution in [1.29, 1.82) is 0 Å². The van der Waals surface area contributed by atoms with Crippen molar-refractivity contribution < 1.29 is 4.74 Å². The quantitative estimate of drug-likeness (QED) is 0.878. The molecule has 3 heteroatoms. The summed E-state index contributed by atoms with van der Waals surface area (Å²) in [4.78, 5) is 2.35. The second-order valence-electron chi connectivity index (χ2n) is 5.26. The Morgan fingerprint density at radius 2 is 2.06 bits per heavy atom. The molecular weight excluding hydrogens is 224 g/mol. The Kier molecular flexibility index (Phi) is 4.75. The minimum atomic E-state index is 0.327. The van der Waals surface area contributed by atoms with Crippen LogP contribution in [0.25, 0.3) is 0 Å². The third-order valence-corrected chi connectivity index (χ3v) is 3.59. The normalized spacial score (nSPS) is 20.3. The van der Waals surface area contributed by atoms with E-state index in [9.17, 15) is 0 Å². The highest BCUT2D eigenvalue weighted by atomic mass is 16.5. The molecule has 3 nitrogen and oxygen atoms in total. The van der Waals surface area contributed by atoms with E-state index in [1.807, 2.05) is 0 Å². The zero-order chi connectivity index (χ0) is 13.0. The second kappa shape index (κ2) is 6.32. The van der Waals surface area contributed by atoms with E-state index in [1.165, 1.54) is 16.7 Å². The van der Waals surface area contributed by atoms with E-state index in [-0.39, 0.29) is 0 Å². The lowest BCUT2D eigenvalue weighted by Gasteiger charge is -2.28. The van der Waals surface area contributed by atoms with Crippen LogP contribution in [0.5, 0.6) is 0 Å².